The van der Waals surface area contributed by atoms with Crippen molar-refractivity contribution < 1.29 is 0 Å². The molecule has 4 unspecified atom stereocenters. The molecule has 0 radical (unpaired) electrons. The van der Waals surface area contributed by atoms with E-state index in [-0.39, 0.29) is 0 Å². The Hall–Kier alpha value is 0. The molecule has 0 saturated heterocycles. The summed E-state index contributed by atoms with van der Waals surface area (Å²) in [5.41, 5.74) is 0.563. The first-order valence-corrected chi connectivity index (χ1v) is 8.34. The van der Waals surface area contributed by atoms with Gasteiger partial charge in [0.2, 0.25) is 0 Å². The average Bonchev–Trinajstić information content (AvgIpc) is 2.55. The van der Waals surface area contributed by atoms with Crippen LogP contribution in [0.25, 0.3) is 0 Å². The average molecular weight is 252 g/mol. The highest BCUT2D eigenvalue weighted by molar-refractivity contribution is 4.92. The molecule has 0 aliphatic heterocycles. The Morgan fingerprint density at radius 3 is 2.00 bits per heavy atom. The molecular weight excluding hydrogens is 216 g/mol. The molecular formula is C18H36. The Morgan fingerprint density at radius 1 is 1.06 bits per heavy atom. The van der Waals surface area contributed by atoms with Crippen LogP contribution in [0.3, 0.4) is 0 Å². The Bertz CT molecular complexity index is 236. The molecule has 108 valence electrons. The molecule has 0 heteroatoms. The minimum absolute atomic E-state index is 0.563. The number of hydrogen-bond acceptors (Lipinski definition) is 0. The quantitative estimate of drug-likeness (QED) is 0.531. The van der Waals surface area contributed by atoms with Gasteiger partial charge in [0.15, 0.2) is 0 Å². The molecule has 0 heterocycles. The maximum Gasteiger partial charge on any atom is -0.0298 e. The van der Waals surface area contributed by atoms with Gasteiger partial charge in [-0.15, -0.1) is 0 Å². The molecule has 0 spiro atoms. The van der Waals surface area contributed by atoms with Crippen molar-refractivity contribution in [1.82, 2.24) is 0 Å². The Morgan fingerprint density at radius 2 is 1.61 bits per heavy atom. The van der Waals surface area contributed by atoms with E-state index >= 15 is 0 Å². The molecule has 1 rings (SSSR count). The second-order valence-corrected chi connectivity index (χ2v) is 7.67. The summed E-state index contributed by atoms with van der Waals surface area (Å²) in [6.45, 7) is 17.2. The van der Waals surface area contributed by atoms with Gasteiger partial charge in [0.25, 0.3) is 0 Å². The van der Waals surface area contributed by atoms with Crippen molar-refractivity contribution in [2.75, 3.05) is 0 Å². The minimum atomic E-state index is 0.563. The minimum Gasteiger partial charge on any atom is -0.0651 e. The van der Waals surface area contributed by atoms with Crippen molar-refractivity contribution in [2.24, 2.45) is 35.0 Å². The van der Waals surface area contributed by atoms with Gasteiger partial charge >= 0.3 is 0 Å². The zero-order valence-corrected chi connectivity index (χ0v) is 13.9. The number of hydrogen-bond donors (Lipinski definition) is 0. The van der Waals surface area contributed by atoms with Crippen LogP contribution >= 0.6 is 0 Å². The smallest absolute Gasteiger partial charge is 0.0298 e. The van der Waals surface area contributed by atoms with Gasteiger partial charge in [-0.25, -0.2) is 0 Å². The summed E-state index contributed by atoms with van der Waals surface area (Å²) in [6.07, 6.45) is 7.06. The van der Waals surface area contributed by atoms with Gasteiger partial charge in [0.05, 0.1) is 0 Å². The largest absolute Gasteiger partial charge is 0.0651 e. The first-order chi connectivity index (χ1) is 8.34. The zero-order chi connectivity index (χ0) is 13.9. The first kappa shape index (κ1) is 16.1. The summed E-state index contributed by atoms with van der Waals surface area (Å²) in [4.78, 5) is 0. The van der Waals surface area contributed by atoms with Gasteiger partial charge in [0.1, 0.15) is 0 Å². The van der Waals surface area contributed by atoms with Gasteiger partial charge in [-0.05, 0) is 54.3 Å². The second kappa shape index (κ2) is 6.44. The van der Waals surface area contributed by atoms with Crippen LogP contribution in [-0.2, 0) is 0 Å². The summed E-state index contributed by atoms with van der Waals surface area (Å²) < 4.78 is 0. The molecule has 0 N–H and O–H groups in total. The Labute approximate surface area is 116 Å². The van der Waals surface area contributed by atoms with E-state index in [1.165, 1.54) is 32.1 Å². The summed E-state index contributed by atoms with van der Waals surface area (Å²) >= 11 is 0. The van der Waals surface area contributed by atoms with Gasteiger partial charge in [0, 0.05) is 0 Å². The zero-order valence-electron chi connectivity index (χ0n) is 13.9. The fourth-order valence-electron chi connectivity index (χ4n) is 4.59. The maximum absolute atomic E-state index is 2.52. The van der Waals surface area contributed by atoms with Crippen molar-refractivity contribution >= 4 is 0 Å². The third-order valence-electron chi connectivity index (χ3n) is 6.42. The standard InChI is InChI=1S/C18H36/c1-8-16(9-2)13(3)12-14(4)17-11-10-15(5)18(17,6)7/h13-17H,8-12H2,1-7H3. The van der Waals surface area contributed by atoms with Gasteiger partial charge < -0.3 is 0 Å². The first-order valence-electron chi connectivity index (χ1n) is 8.34. The lowest BCUT2D eigenvalue weighted by molar-refractivity contribution is 0.122. The fraction of sp³-hybridized carbons (Fsp3) is 1.00. The molecule has 0 bridgehead atoms. The molecule has 1 aliphatic rings. The monoisotopic (exact) mass is 252 g/mol. The van der Waals surface area contributed by atoms with Crippen LogP contribution in [0.4, 0.5) is 0 Å². The fourth-order valence-corrected chi connectivity index (χ4v) is 4.59. The van der Waals surface area contributed by atoms with Gasteiger partial charge in [-0.3, -0.25) is 0 Å². The highest BCUT2D eigenvalue weighted by Gasteiger charge is 2.43. The lowest BCUT2D eigenvalue weighted by Crippen LogP contribution is -2.29. The van der Waals surface area contributed by atoms with Crippen molar-refractivity contribution in [2.45, 2.75) is 80.6 Å². The van der Waals surface area contributed by atoms with E-state index in [0.717, 1.165) is 29.6 Å². The van der Waals surface area contributed by atoms with E-state index in [1.54, 1.807) is 0 Å². The molecule has 0 aromatic heterocycles. The molecule has 0 aromatic carbocycles. The maximum atomic E-state index is 2.52. The van der Waals surface area contributed by atoms with E-state index < -0.39 is 0 Å². The van der Waals surface area contributed by atoms with Crippen molar-refractivity contribution in [3.05, 3.63) is 0 Å². The van der Waals surface area contributed by atoms with Crippen LogP contribution in [0.15, 0.2) is 0 Å². The molecule has 4 atom stereocenters. The molecule has 0 aromatic rings. The molecule has 0 nitrogen and oxygen atoms in total. The Balaban J connectivity index is 2.58. The van der Waals surface area contributed by atoms with E-state index in [2.05, 4.69) is 48.5 Å². The van der Waals surface area contributed by atoms with Crippen molar-refractivity contribution in [1.29, 1.82) is 0 Å². The lowest BCUT2D eigenvalue weighted by Gasteiger charge is -2.37. The topological polar surface area (TPSA) is 0 Å². The highest BCUT2D eigenvalue weighted by Crippen LogP contribution is 2.51. The van der Waals surface area contributed by atoms with E-state index in [4.69, 9.17) is 0 Å². The van der Waals surface area contributed by atoms with Crippen LogP contribution in [0.5, 0.6) is 0 Å². The van der Waals surface area contributed by atoms with Crippen LogP contribution in [-0.4, -0.2) is 0 Å². The van der Waals surface area contributed by atoms with E-state index in [1.807, 2.05) is 0 Å². The van der Waals surface area contributed by atoms with Crippen LogP contribution in [0.1, 0.15) is 80.6 Å². The van der Waals surface area contributed by atoms with Gasteiger partial charge in [-0.2, -0.15) is 0 Å². The molecule has 18 heavy (non-hydrogen) atoms. The summed E-state index contributed by atoms with van der Waals surface area (Å²) in [7, 11) is 0. The third kappa shape index (κ3) is 3.31. The van der Waals surface area contributed by atoms with Crippen LogP contribution in [0.2, 0.25) is 0 Å². The Kier molecular flexibility index (Phi) is 5.74. The normalized spacial score (nSPS) is 30.7. The molecule has 1 saturated carbocycles. The number of rotatable bonds is 6. The molecule has 1 fully saturated rings. The van der Waals surface area contributed by atoms with Crippen molar-refractivity contribution in [3.63, 3.8) is 0 Å². The highest BCUT2D eigenvalue weighted by atomic mass is 14.5. The molecule has 1 aliphatic carbocycles. The predicted octanol–water partition coefficient (Wildman–Crippen LogP) is 6.16. The summed E-state index contributed by atoms with van der Waals surface area (Å²) in [6, 6.07) is 0. The van der Waals surface area contributed by atoms with E-state index in [9.17, 15) is 0 Å². The van der Waals surface area contributed by atoms with Crippen molar-refractivity contribution in [3.8, 4) is 0 Å². The predicted molar refractivity (Wildman–Crippen MR) is 82.7 cm³/mol. The third-order valence-corrected chi connectivity index (χ3v) is 6.42. The SMILES string of the molecule is CCC(CC)C(C)CC(C)C1CCC(C)C1(C)C. The summed E-state index contributed by atoms with van der Waals surface area (Å²) in [5.74, 6) is 4.61. The van der Waals surface area contributed by atoms with Crippen LogP contribution < -0.4 is 0 Å². The van der Waals surface area contributed by atoms with Gasteiger partial charge in [-0.1, -0.05) is 61.3 Å². The second-order valence-electron chi connectivity index (χ2n) is 7.67. The van der Waals surface area contributed by atoms with Crippen LogP contribution in [0, 0.1) is 35.0 Å². The molecule has 0 amide bonds. The lowest BCUT2D eigenvalue weighted by atomic mass is 9.68. The summed E-state index contributed by atoms with van der Waals surface area (Å²) in [5, 5.41) is 0. The van der Waals surface area contributed by atoms with E-state index in [0.29, 0.717) is 5.41 Å².